The molecule has 0 saturated heterocycles. The Hall–Kier alpha value is -1.09. The maximum Gasteiger partial charge on any atom is 0.330 e. The molecule has 0 aromatic heterocycles. The summed E-state index contributed by atoms with van der Waals surface area (Å²) < 4.78 is 1.03. The summed E-state index contributed by atoms with van der Waals surface area (Å²) in [7, 11) is 0. The smallest absolute Gasteiger partial charge is 0.330 e. The Morgan fingerprint density at radius 3 is 2.43 bits per heavy atom. The summed E-state index contributed by atoms with van der Waals surface area (Å²) >= 11 is 3.34. The van der Waals surface area contributed by atoms with Gasteiger partial charge in [0.2, 0.25) is 0 Å². The lowest BCUT2D eigenvalue weighted by atomic mass is 10.1. The maximum absolute atomic E-state index is 10.5. The molecule has 14 heavy (non-hydrogen) atoms. The highest BCUT2D eigenvalue weighted by atomic mass is 79.9. The van der Waals surface area contributed by atoms with E-state index < -0.39 is 5.97 Å². The molecule has 1 N–H and O–H groups in total. The molecule has 0 spiro atoms. The van der Waals surface area contributed by atoms with Gasteiger partial charge in [-0.2, -0.15) is 0 Å². The SMILES string of the molecule is C=C(CCc1ccc(Br)cc1)C(=O)O. The standard InChI is InChI=1S/C11H11BrO2/c1-8(11(13)14)2-3-9-4-6-10(12)7-5-9/h4-7H,1-3H2,(H,13,14). The average molecular weight is 255 g/mol. The van der Waals surface area contributed by atoms with Gasteiger partial charge in [-0.3, -0.25) is 0 Å². The van der Waals surface area contributed by atoms with Crippen molar-refractivity contribution in [3.05, 3.63) is 46.5 Å². The zero-order valence-electron chi connectivity index (χ0n) is 7.66. The van der Waals surface area contributed by atoms with E-state index in [1.807, 2.05) is 24.3 Å². The first-order chi connectivity index (χ1) is 6.59. The molecule has 0 fully saturated rings. The molecule has 2 nitrogen and oxygen atoms in total. The van der Waals surface area contributed by atoms with E-state index in [-0.39, 0.29) is 5.57 Å². The van der Waals surface area contributed by atoms with E-state index in [1.165, 1.54) is 0 Å². The quantitative estimate of drug-likeness (QED) is 0.839. The number of halogens is 1. The first-order valence-corrected chi connectivity index (χ1v) is 5.04. The largest absolute Gasteiger partial charge is 0.478 e. The molecule has 0 saturated carbocycles. The number of rotatable bonds is 4. The van der Waals surface area contributed by atoms with Crippen molar-refractivity contribution < 1.29 is 9.90 Å². The molecule has 1 aromatic rings. The first-order valence-electron chi connectivity index (χ1n) is 4.25. The van der Waals surface area contributed by atoms with Crippen molar-refractivity contribution in [2.75, 3.05) is 0 Å². The summed E-state index contributed by atoms with van der Waals surface area (Å²) in [6.45, 7) is 3.48. The number of hydrogen-bond acceptors (Lipinski definition) is 1. The van der Waals surface area contributed by atoms with Gasteiger partial charge < -0.3 is 5.11 Å². The van der Waals surface area contributed by atoms with Crippen LogP contribution < -0.4 is 0 Å². The van der Waals surface area contributed by atoms with Crippen LogP contribution in [0, 0.1) is 0 Å². The summed E-state index contributed by atoms with van der Waals surface area (Å²) in [5.74, 6) is -0.915. The second kappa shape index (κ2) is 4.96. The number of aryl methyl sites for hydroxylation is 1. The van der Waals surface area contributed by atoms with E-state index in [4.69, 9.17) is 5.11 Å². The second-order valence-corrected chi connectivity index (χ2v) is 3.95. The van der Waals surface area contributed by atoms with Gasteiger partial charge in [-0.15, -0.1) is 0 Å². The summed E-state index contributed by atoms with van der Waals surface area (Å²) in [6.07, 6.45) is 1.22. The molecule has 0 atom stereocenters. The molecular weight excluding hydrogens is 244 g/mol. The van der Waals surface area contributed by atoms with Crippen LogP contribution in [0.5, 0.6) is 0 Å². The summed E-state index contributed by atoms with van der Waals surface area (Å²) in [6, 6.07) is 7.83. The van der Waals surface area contributed by atoms with Crippen molar-refractivity contribution in [3.8, 4) is 0 Å². The van der Waals surface area contributed by atoms with Crippen LogP contribution in [-0.4, -0.2) is 11.1 Å². The van der Waals surface area contributed by atoms with Gasteiger partial charge in [0.1, 0.15) is 0 Å². The molecule has 3 heteroatoms. The molecule has 0 aliphatic rings. The van der Waals surface area contributed by atoms with Crippen LogP contribution in [0.2, 0.25) is 0 Å². The Kier molecular flexibility index (Phi) is 3.89. The van der Waals surface area contributed by atoms with Crippen LogP contribution in [0.3, 0.4) is 0 Å². The summed E-state index contributed by atoms with van der Waals surface area (Å²) in [4.78, 5) is 10.5. The highest BCUT2D eigenvalue weighted by Gasteiger charge is 2.03. The summed E-state index contributed by atoms with van der Waals surface area (Å²) in [5, 5.41) is 8.60. The van der Waals surface area contributed by atoms with Crippen LogP contribution in [-0.2, 0) is 11.2 Å². The molecule has 0 unspecified atom stereocenters. The molecule has 1 rings (SSSR count). The zero-order chi connectivity index (χ0) is 10.6. The minimum atomic E-state index is -0.915. The lowest BCUT2D eigenvalue weighted by Gasteiger charge is -2.01. The van der Waals surface area contributed by atoms with Crippen molar-refractivity contribution >= 4 is 21.9 Å². The highest BCUT2D eigenvalue weighted by molar-refractivity contribution is 9.10. The Bertz CT molecular complexity index is 341. The highest BCUT2D eigenvalue weighted by Crippen LogP contribution is 2.13. The number of carboxylic acids is 1. The Labute approximate surface area is 91.4 Å². The average Bonchev–Trinajstić information content (AvgIpc) is 2.16. The Morgan fingerprint density at radius 1 is 1.36 bits per heavy atom. The molecule has 0 bridgehead atoms. The topological polar surface area (TPSA) is 37.3 Å². The molecular formula is C11H11BrO2. The van der Waals surface area contributed by atoms with Gasteiger partial charge in [0, 0.05) is 10.0 Å². The number of aliphatic carboxylic acids is 1. The van der Waals surface area contributed by atoms with Gasteiger partial charge >= 0.3 is 5.97 Å². The third-order valence-electron chi connectivity index (χ3n) is 1.93. The molecule has 0 heterocycles. The molecule has 0 aliphatic heterocycles. The van der Waals surface area contributed by atoms with E-state index in [9.17, 15) is 4.79 Å². The zero-order valence-corrected chi connectivity index (χ0v) is 9.25. The fourth-order valence-corrected chi connectivity index (χ4v) is 1.32. The van der Waals surface area contributed by atoms with Gasteiger partial charge in [-0.25, -0.2) is 4.79 Å². The van der Waals surface area contributed by atoms with E-state index in [0.717, 1.165) is 16.5 Å². The third-order valence-corrected chi connectivity index (χ3v) is 2.46. The number of carboxylic acid groups (broad SMARTS) is 1. The Balaban J connectivity index is 2.50. The van der Waals surface area contributed by atoms with Gasteiger partial charge in [0.05, 0.1) is 0 Å². The molecule has 0 aliphatic carbocycles. The lowest BCUT2D eigenvalue weighted by molar-refractivity contribution is -0.132. The number of hydrogen-bond donors (Lipinski definition) is 1. The fourth-order valence-electron chi connectivity index (χ4n) is 1.05. The van der Waals surface area contributed by atoms with E-state index >= 15 is 0 Å². The number of benzene rings is 1. The van der Waals surface area contributed by atoms with Crippen LogP contribution in [0.15, 0.2) is 40.9 Å². The van der Waals surface area contributed by atoms with Gasteiger partial charge in [0.15, 0.2) is 0 Å². The van der Waals surface area contributed by atoms with Crippen LogP contribution in [0.4, 0.5) is 0 Å². The monoisotopic (exact) mass is 254 g/mol. The van der Waals surface area contributed by atoms with Crippen molar-refractivity contribution in [2.45, 2.75) is 12.8 Å². The van der Waals surface area contributed by atoms with E-state index in [1.54, 1.807) is 0 Å². The van der Waals surface area contributed by atoms with Crippen LogP contribution in [0.1, 0.15) is 12.0 Å². The van der Waals surface area contributed by atoms with Crippen molar-refractivity contribution in [2.24, 2.45) is 0 Å². The van der Waals surface area contributed by atoms with Crippen molar-refractivity contribution in [3.63, 3.8) is 0 Å². The van der Waals surface area contributed by atoms with Gasteiger partial charge in [-0.1, -0.05) is 34.6 Å². The van der Waals surface area contributed by atoms with Crippen molar-refractivity contribution in [1.82, 2.24) is 0 Å². The van der Waals surface area contributed by atoms with Gasteiger partial charge in [-0.05, 0) is 30.5 Å². The van der Waals surface area contributed by atoms with Gasteiger partial charge in [0.25, 0.3) is 0 Å². The van der Waals surface area contributed by atoms with E-state index in [2.05, 4.69) is 22.5 Å². The van der Waals surface area contributed by atoms with Crippen molar-refractivity contribution in [1.29, 1.82) is 0 Å². The first kappa shape index (κ1) is 11.0. The van der Waals surface area contributed by atoms with E-state index in [0.29, 0.717) is 6.42 Å². The number of carbonyl (C=O) groups is 1. The minimum Gasteiger partial charge on any atom is -0.478 e. The minimum absolute atomic E-state index is 0.257. The summed E-state index contributed by atoms with van der Waals surface area (Å²) in [5.41, 5.74) is 1.38. The predicted octanol–water partition coefficient (Wildman–Crippen LogP) is 3.02. The molecule has 0 amide bonds. The molecule has 0 radical (unpaired) electrons. The third kappa shape index (κ3) is 3.34. The predicted molar refractivity (Wildman–Crippen MR) is 59.2 cm³/mol. The molecule has 74 valence electrons. The fraction of sp³-hybridized carbons (Fsp3) is 0.182. The molecule has 1 aromatic carbocycles. The Morgan fingerprint density at radius 2 is 1.93 bits per heavy atom. The normalized spacial score (nSPS) is 9.79. The maximum atomic E-state index is 10.5. The van der Waals surface area contributed by atoms with Crippen LogP contribution in [0.25, 0.3) is 0 Å². The van der Waals surface area contributed by atoms with Crippen LogP contribution >= 0.6 is 15.9 Å². The second-order valence-electron chi connectivity index (χ2n) is 3.04. The lowest BCUT2D eigenvalue weighted by Crippen LogP contribution is -2.00.